The Labute approximate surface area is 201 Å². The fraction of sp³-hybridized carbons (Fsp3) is 0.111. The van der Waals surface area contributed by atoms with E-state index in [-0.39, 0.29) is 17.0 Å². The number of rotatable bonds is 6. The van der Waals surface area contributed by atoms with Crippen LogP contribution in [-0.2, 0) is 4.79 Å². The third kappa shape index (κ3) is 5.04. The highest BCUT2D eigenvalue weighted by Crippen LogP contribution is 2.26. The first-order chi connectivity index (χ1) is 16.9. The summed E-state index contributed by atoms with van der Waals surface area (Å²) in [6.07, 6.45) is 2.75. The second kappa shape index (κ2) is 9.93. The quantitative estimate of drug-likeness (QED) is 0.327. The molecule has 2 aromatic carbocycles. The summed E-state index contributed by atoms with van der Waals surface area (Å²) in [7, 11) is 1.55. The number of nitrogens with one attached hydrogen (secondary N) is 1. The van der Waals surface area contributed by atoms with Gasteiger partial charge in [0.15, 0.2) is 0 Å². The minimum absolute atomic E-state index is 0.0295. The van der Waals surface area contributed by atoms with Crippen molar-refractivity contribution >= 4 is 23.3 Å². The lowest BCUT2D eigenvalue weighted by Gasteiger charge is -2.11. The first kappa shape index (κ1) is 23.3. The summed E-state index contributed by atoms with van der Waals surface area (Å²) in [6.45, 7) is 3.89. The maximum atomic E-state index is 13.3. The lowest BCUT2D eigenvalue weighted by Crippen LogP contribution is -2.20. The molecule has 1 N–H and O–H groups in total. The molecule has 0 aliphatic carbocycles. The molecule has 1 amide bonds. The Balaban J connectivity index is 1.77. The van der Waals surface area contributed by atoms with Gasteiger partial charge < -0.3 is 14.8 Å². The van der Waals surface area contributed by atoms with E-state index in [1.54, 1.807) is 61.8 Å². The summed E-state index contributed by atoms with van der Waals surface area (Å²) in [4.78, 5) is 30.6. The maximum absolute atomic E-state index is 13.3. The van der Waals surface area contributed by atoms with Crippen molar-refractivity contribution in [1.82, 2.24) is 9.38 Å². The Hall–Kier alpha value is -4.90. The predicted molar refractivity (Wildman–Crippen MR) is 133 cm³/mol. The molecule has 0 fully saturated rings. The van der Waals surface area contributed by atoms with Crippen molar-refractivity contribution in [3.63, 3.8) is 0 Å². The van der Waals surface area contributed by atoms with Gasteiger partial charge in [0, 0.05) is 11.9 Å². The molecule has 0 atom stereocenters. The molecule has 0 bridgehead atoms. The average Bonchev–Trinajstić information content (AvgIpc) is 2.86. The van der Waals surface area contributed by atoms with Gasteiger partial charge in [0.2, 0.25) is 5.88 Å². The van der Waals surface area contributed by atoms with E-state index in [1.165, 1.54) is 10.5 Å². The van der Waals surface area contributed by atoms with E-state index in [4.69, 9.17) is 9.47 Å². The SMILES string of the molecule is COc1ccc(Oc2nc3ccccn3c(=O)c2C=C(C#N)C(=O)Nc2ccc(C)c(C)c2)cc1. The smallest absolute Gasteiger partial charge is 0.269 e. The second-order valence-electron chi connectivity index (χ2n) is 7.77. The topological polar surface area (TPSA) is 106 Å². The van der Waals surface area contributed by atoms with E-state index in [0.717, 1.165) is 11.1 Å². The number of carbonyl (C=O) groups excluding carboxylic acids is 1. The highest BCUT2D eigenvalue weighted by molar-refractivity contribution is 6.09. The first-order valence-corrected chi connectivity index (χ1v) is 10.7. The summed E-state index contributed by atoms with van der Waals surface area (Å²) in [6, 6.07) is 19.1. The molecule has 2 aromatic heterocycles. The minimum atomic E-state index is -0.649. The number of aryl methyl sites for hydroxylation is 2. The molecule has 0 saturated carbocycles. The number of hydrogen-bond acceptors (Lipinski definition) is 6. The van der Waals surface area contributed by atoms with Gasteiger partial charge in [-0.05, 0) is 79.6 Å². The van der Waals surface area contributed by atoms with Crippen LogP contribution in [0.3, 0.4) is 0 Å². The van der Waals surface area contributed by atoms with Crippen molar-refractivity contribution in [3.8, 4) is 23.4 Å². The van der Waals surface area contributed by atoms with Crippen LogP contribution in [0.4, 0.5) is 5.69 Å². The number of nitrogens with zero attached hydrogens (tertiary/aromatic N) is 3. The number of fused-ring (bicyclic) bond motifs is 1. The van der Waals surface area contributed by atoms with Crippen LogP contribution in [0.15, 0.2) is 77.2 Å². The van der Waals surface area contributed by atoms with E-state index >= 15 is 0 Å². The van der Waals surface area contributed by atoms with Gasteiger partial charge in [0.05, 0.1) is 7.11 Å². The number of hydrogen-bond donors (Lipinski definition) is 1. The zero-order chi connectivity index (χ0) is 24.9. The minimum Gasteiger partial charge on any atom is -0.497 e. The molecule has 35 heavy (non-hydrogen) atoms. The van der Waals surface area contributed by atoms with Gasteiger partial charge in [-0.3, -0.25) is 14.0 Å². The van der Waals surface area contributed by atoms with Crippen LogP contribution in [0.1, 0.15) is 16.7 Å². The van der Waals surface area contributed by atoms with Crippen LogP contribution < -0.4 is 20.3 Å². The van der Waals surface area contributed by atoms with E-state index in [1.807, 2.05) is 32.0 Å². The summed E-state index contributed by atoms with van der Waals surface area (Å²) in [5, 5.41) is 12.4. The van der Waals surface area contributed by atoms with E-state index in [9.17, 15) is 14.9 Å². The van der Waals surface area contributed by atoms with Crippen molar-refractivity contribution in [2.45, 2.75) is 13.8 Å². The molecule has 8 heteroatoms. The number of pyridine rings is 1. The highest BCUT2D eigenvalue weighted by Gasteiger charge is 2.18. The number of benzene rings is 2. The number of nitriles is 1. The largest absolute Gasteiger partial charge is 0.497 e. The molecule has 0 spiro atoms. The Morgan fingerprint density at radius 2 is 1.80 bits per heavy atom. The van der Waals surface area contributed by atoms with Crippen molar-refractivity contribution in [1.29, 1.82) is 5.26 Å². The van der Waals surface area contributed by atoms with Crippen LogP contribution in [-0.4, -0.2) is 22.4 Å². The summed E-state index contributed by atoms with van der Waals surface area (Å²) in [5.74, 6) is 0.367. The van der Waals surface area contributed by atoms with Gasteiger partial charge in [-0.1, -0.05) is 12.1 Å². The van der Waals surface area contributed by atoms with Crippen molar-refractivity contribution < 1.29 is 14.3 Å². The lowest BCUT2D eigenvalue weighted by molar-refractivity contribution is -0.112. The summed E-state index contributed by atoms with van der Waals surface area (Å²) >= 11 is 0. The van der Waals surface area contributed by atoms with Gasteiger partial charge in [0.1, 0.15) is 34.4 Å². The summed E-state index contributed by atoms with van der Waals surface area (Å²) in [5.41, 5.74) is 2.20. The maximum Gasteiger partial charge on any atom is 0.269 e. The van der Waals surface area contributed by atoms with E-state index in [2.05, 4.69) is 10.3 Å². The number of amides is 1. The van der Waals surface area contributed by atoms with Crippen LogP contribution in [0.2, 0.25) is 0 Å². The van der Waals surface area contributed by atoms with Crippen molar-refractivity contribution in [2.75, 3.05) is 12.4 Å². The predicted octanol–water partition coefficient (Wildman–Crippen LogP) is 4.66. The Kier molecular flexibility index (Phi) is 6.60. The molecule has 4 rings (SSSR count). The standard InChI is InChI=1S/C27H22N4O4/c1-17-7-8-20(14-18(17)2)29-25(32)19(16-28)15-23-26(35-22-11-9-21(34-3)10-12-22)30-24-6-4-5-13-31(24)27(23)33/h4-15H,1-3H3,(H,29,32). The van der Waals surface area contributed by atoms with Gasteiger partial charge in [-0.25, -0.2) is 0 Å². The molecule has 0 unspecified atom stereocenters. The van der Waals surface area contributed by atoms with E-state index in [0.29, 0.717) is 22.8 Å². The normalized spacial score (nSPS) is 11.1. The van der Waals surface area contributed by atoms with Crippen LogP contribution in [0.5, 0.6) is 17.4 Å². The van der Waals surface area contributed by atoms with Crippen LogP contribution >= 0.6 is 0 Å². The Bertz CT molecular complexity index is 1550. The molecule has 174 valence electrons. The fourth-order valence-corrected chi connectivity index (χ4v) is 3.35. The average molecular weight is 466 g/mol. The van der Waals surface area contributed by atoms with E-state index < -0.39 is 11.5 Å². The molecule has 0 radical (unpaired) electrons. The molecule has 0 saturated heterocycles. The number of ether oxygens (including phenoxy) is 2. The van der Waals surface area contributed by atoms with Gasteiger partial charge in [-0.15, -0.1) is 0 Å². The number of methoxy groups -OCH3 is 1. The van der Waals surface area contributed by atoms with Gasteiger partial charge in [-0.2, -0.15) is 10.2 Å². The molecule has 4 aromatic rings. The fourth-order valence-electron chi connectivity index (χ4n) is 3.35. The monoisotopic (exact) mass is 466 g/mol. The first-order valence-electron chi connectivity index (χ1n) is 10.7. The summed E-state index contributed by atoms with van der Waals surface area (Å²) < 4.78 is 12.4. The van der Waals surface area contributed by atoms with Gasteiger partial charge >= 0.3 is 0 Å². The highest BCUT2D eigenvalue weighted by atomic mass is 16.5. The van der Waals surface area contributed by atoms with Crippen molar-refractivity contribution in [2.24, 2.45) is 0 Å². The molecular formula is C27H22N4O4. The third-order valence-corrected chi connectivity index (χ3v) is 5.43. The van der Waals surface area contributed by atoms with Crippen LogP contribution in [0.25, 0.3) is 11.7 Å². The lowest BCUT2D eigenvalue weighted by atomic mass is 10.1. The molecular weight excluding hydrogens is 444 g/mol. The zero-order valence-electron chi connectivity index (χ0n) is 19.4. The zero-order valence-corrected chi connectivity index (χ0v) is 19.4. The third-order valence-electron chi connectivity index (χ3n) is 5.43. The Morgan fingerprint density at radius 1 is 1.06 bits per heavy atom. The number of anilines is 1. The van der Waals surface area contributed by atoms with Gasteiger partial charge in [0.25, 0.3) is 11.5 Å². The molecule has 8 nitrogen and oxygen atoms in total. The Morgan fingerprint density at radius 3 is 2.49 bits per heavy atom. The second-order valence-corrected chi connectivity index (χ2v) is 7.77. The number of carbonyl (C=O) groups is 1. The number of aromatic nitrogens is 2. The molecule has 2 heterocycles. The van der Waals surface area contributed by atoms with Crippen molar-refractivity contribution in [3.05, 3.63) is 99.5 Å². The van der Waals surface area contributed by atoms with Crippen LogP contribution in [0, 0.1) is 25.2 Å². The molecule has 0 aliphatic heterocycles. The molecule has 0 aliphatic rings.